The second kappa shape index (κ2) is 4.82. The van der Waals surface area contributed by atoms with Crippen molar-refractivity contribution in [2.24, 2.45) is 7.05 Å². The van der Waals surface area contributed by atoms with Crippen LogP contribution in [-0.2, 0) is 7.05 Å². The number of aromatic nitrogens is 2. The highest BCUT2D eigenvalue weighted by molar-refractivity contribution is 9.10. The predicted molar refractivity (Wildman–Crippen MR) is 67.6 cm³/mol. The molecule has 1 atom stereocenters. The maximum absolute atomic E-state index is 11.6. The number of nitrogens with zero attached hydrogens (tertiary/aromatic N) is 2. The van der Waals surface area contributed by atoms with E-state index in [1.165, 1.54) is 11.1 Å². The monoisotopic (exact) mass is 283 g/mol. The third-order valence-electron chi connectivity index (χ3n) is 2.67. The van der Waals surface area contributed by atoms with Gasteiger partial charge in [-0.05, 0) is 35.2 Å². The minimum atomic E-state index is -0.121. The van der Waals surface area contributed by atoms with Crippen LogP contribution in [0.1, 0.15) is 19.3 Å². The van der Waals surface area contributed by atoms with Crippen LogP contribution in [0.25, 0.3) is 0 Å². The summed E-state index contributed by atoms with van der Waals surface area (Å²) < 4.78 is 1.86. The Morgan fingerprint density at radius 1 is 1.62 bits per heavy atom. The Morgan fingerprint density at radius 3 is 3.12 bits per heavy atom. The van der Waals surface area contributed by atoms with Gasteiger partial charge < -0.3 is 5.32 Å². The highest BCUT2D eigenvalue weighted by Crippen LogP contribution is 2.20. The second-order valence-corrected chi connectivity index (χ2v) is 4.70. The van der Waals surface area contributed by atoms with Crippen LogP contribution in [0.15, 0.2) is 27.6 Å². The first-order chi connectivity index (χ1) is 7.68. The molecule has 0 saturated carbocycles. The molecule has 5 heteroatoms. The van der Waals surface area contributed by atoms with Crippen molar-refractivity contribution in [1.82, 2.24) is 9.78 Å². The zero-order valence-electron chi connectivity index (χ0n) is 9.11. The Labute approximate surface area is 102 Å². The van der Waals surface area contributed by atoms with Crippen LogP contribution < -0.4 is 10.9 Å². The summed E-state index contributed by atoms with van der Waals surface area (Å²) >= 11 is 3.30. The van der Waals surface area contributed by atoms with Gasteiger partial charge in [0.2, 0.25) is 0 Å². The lowest BCUT2D eigenvalue weighted by atomic mass is 10.0. The van der Waals surface area contributed by atoms with E-state index >= 15 is 0 Å². The van der Waals surface area contributed by atoms with Crippen molar-refractivity contribution in [3.8, 4) is 0 Å². The van der Waals surface area contributed by atoms with Gasteiger partial charge in [-0.2, -0.15) is 5.10 Å². The van der Waals surface area contributed by atoms with Gasteiger partial charge in [-0.15, -0.1) is 0 Å². The molecule has 16 heavy (non-hydrogen) atoms. The molecule has 0 spiro atoms. The van der Waals surface area contributed by atoms with Crippen molar-refractivity contribution in [2.45, 2.75) is 25.3 Å². The van der Waals surface area contributed by atoms with Crippen LogP contribution in [0.2, 0.25) is 0 Å². The summed E-state index contributed by atoms with van der Waals surface area (Å²) in [5, 5.41) is 7.30. The number of aryl methyl sites for hydroxylation is 1. The van der Waals surface area contributed by atoms with E-state index in [0.29, 0.717) is 10.5 Å². The summed E-state index contributed by atoms with van der Waals surface area (Å²) in [7, 11) is 1.64. The van der Waals surface area contributed by atoms with Gasteiger partial charge in [-0.3, -0.25) is 4.79 Å². The summed E-state index contributed by atoms with van der Waals surface area (Å²) in [5.41, 5.74) is 0.643. The summed E-state index contributed by atoms with van der Waals surface area (Å²) in [6.07, 6.45) is 9.42. The van der Waals surface area contributed by atoms with Gasteiger partial charge in [0.15, 0.2) is 0 Å². The maximum Gasteiger partial charge on any atom is 0.282 e. The number of allylic oxidation sites excluding steroid dienone is 1. The molecule has 0 bridgehead atoms. The van der Waals surface area contributed by atoms with E-state index in [1.54, 1.807) is 13.2 Å². The first kappa shape index (κ1) is 11.4. The molecule has 4 nitrogen and oxygen atoms in total. The molecule has 86 valence electrons. The van der Waals surface area contributed by atoms with E-state index < -0.39 is 0 Å². The largest absolute Gasteiger partial charge is 0.376 e. The molecule has 0 fully saturated rings. The van der Waals surface area contributed by atoms with E-state index in [1.807, 2.05) is 0 Å². The highest BCUT2D eigenvalue weighted by Gasteiger charge is 2.12. The topological polar surface area (TPSA) is 46.9 Å². The minimum absolute atomic E-state index is 0.121. The molecule has 1 unspecified atom stereocenters. The first-order valence-electron chi connectivity index (χ1n) is 5.33. The third kappa shape index (κ3) is 2.35. The quantitative estimate of drug-likeness (QED) is 0.846. The molecule has 1 N–H and O–H groups in total. The van der Waals surface area contributed by atoms with Gasteiger partial charge in [0.25, 0.3) is 5.56 Å². The molecule has 1 heterocycles. The van der Waals surface area contributed by atoms with Crippen LogP contribution in [-0.4, -0.2) is 15.8 Å². The van der Waals surface area contributed by atoms with Gasteiger partial charge >= 0.3 is 0 Å². The number of hydrogen-bond acceptors (Lipinski definition) is 3. The van der Waals surface area contributed by atoms with Crippen molar-refractivity contribution in [1.29, 1.82) is 0 Å². The summed E-state index contributed by atoms with van der Waals surface area (Å²) in [4.78, 5) is 11.6. The molecular weight excluding hydrogens is 270 g/mol. The van der Waals surface area contributed by atoms with E-state index in [4.69, 9.17) is 0 Å². The second-order valence-electron chi connectivity index (χ2n) is 3.91. The Balaban J connectivity index is 2.21. The molecule has 0 radical (unpaired) electrons. The number of hydrogen-bond donors (Lipinski definition) is 1. The number of rotatable bonds is 2. The highest BCUT2D eigenvalue weighted by atomic mass is 79.9. The summed E-state index contributed by atoms with van der Waals surface area (Å²) in [6, 6.07) is 0.305. The average molecular weight is 284 g/mol. The number of anilines is 1. The van der Waals surface area contributed by atoms with E-state index in [0.717, 1.165) is 18.5 Å². The Morgan fingerprint density at radius 2 is 2.44 bits per heavy atom. The molecule has 1 aromatic rings. The standard InChI is InChI=1S/C11H14BrN3O/c1-15-11(16)10(12)9(7-13-15)14-8-5-3-2-4-6-8/h3,5,7-8,14H,2,4,6H2,1H3. The molecule has 0 saturated heterocycles. The van der Waals surface area contributed by atoms with Gasteiger partial charge in [0.1, 0.15) is 4.47 Å². The minimum Gasteiger partial charge on any atom is -0.376 e. The fourth-order valence-electron chi connectivity index (χ4n) is 1.74. The van der Waals surface area contributed by atoms with E-state index in [-0.39, 0.29) is 5.56 Å². The molecule has 1 aliphatic rings. The Bertz CT molecular complexity index is 467. The molecule has 2 rings (SSSR count). The fraction of sp³-hybridized carbons (Fsp3) is 0.455. The molecule has 0 amide bonds. The number of nitrogens with one attached hydrogen (secondary N) is 1. The smallest absolute Gasteiger partial charge is 0.282 e. The molecule has 1 aliphatic carbocycles. The van der Waals surface area contributed by atoms with Gasteiger partial charge in [-0.25, -0.2) is 4.68 Å². The van der Waals surface area contributed by atoms with Crippen molar-refractivity contribution < 1.29 is 0 Å². The van der Waals surface area contributed by atoms with Crippen molar-refractivity contribution in [3.63, 3.8) is 0 Å². The Hall–Kier alpha value is -1.10. The SMILES string of the molecule is Cn1ncc(NC2C=CCCC2)c(Br)c1=O. The molecular formula is C11H14BrN3O. The zero-order valence-corrected chi connectivity index (χ0v) is 10.7. The lowest BCUT2D eigenvalue weighted by Crippen LogP contribution is -2.25. The number of halogens is 1. The fourth-order valence-corrected chi connectivity index (χ4v) is 2.22. The summed E-state index contributed by atoms with van der Waals surface area (Å²) in [6.45, 7) is 0. The zero-order chi connectivity index (χ0) is 11.5. The van der Waals surface area contributed by atoms with Gasteiger partial charge in [0.05, 0.1) is 11.9 Å². The summed E-state index contributed by atoms with van der Waals surface area (Å²) in [5.74, 6) is 0. The van der Waals surface area contributed by atoms with Crippen molar-refractivity contribution in [2.75, 3.05) is 5.32 Å². The van der Waals surface area contributed by atoms with E-state index in [9.17, 15) is 4.79 Å². The van der Waals surface area contributed by atoms with Gasteiger partial charge in [-0.1, -0.05) is 12.2 Å². The average Bonchev–Trinajstić information content (AvgIpc) is 2.31. The molecule has 0 aliphatic heterocycles. The third-order valence-corrected chi connectivity index (χ3v) is 3.44. The van der Waals surface area contributed by atoms with Crippen LogP contribution >= 0.6 is 15.9 Å². The Kier molecular flexibility index (Phi) is 3.43. The lowest BCUT2D eigenvalue weighted by Gasteiger charge is -2.19. The predicted octanol–water partition coefficient (Wildman–Crippen LogP) is 2.06. The van der Waals surface area contributed by atoms with Crippen molar-refractivity contribution in [3.05, 3.63) is 33.2 Å². The van der Waals surface area contributed by atoms with Crippen LogP contribution in [0.5, 0.6) is 0 Å². The van der Waals surface area contributed by atoms with E-state index in [2.05, 4.69) is 38.5 Å². The van der Waals surface area contributed by atoms with Crippen LogP contribution in [0.4, 0.5) is 5.69 Å². The first-order valence-corrected chi connectivity index (χ1v) is 6.13. The molecule has 1 aromatic heterocycles. The normalized spacial score (nSPS) is 19.8. The van der Waals surface area contributed by atoms with Crippen LogP contribution in [0, 0.1) is 0 Å². The maximum atomic E-state index is 11.6. The lowest BCUT2D eigenvalue weighted by molar-refractivity contribution is 0.666. The van der Waals surface area contributed by atoms with Crippen molar-refractivity contribution >= 4 is 21.6 Å². The van der Waals surface area contributed by atoms with Crippen LogP contribution in [0.3, 0.4) is 0 Å². The van der Waals surface area contributed by atoms with Gasteiger partial charge in [0, 0.05) is 13.1 Å². The molecule has 0 aromatic carbocycles.